The van der Waals surface area contributed by atoms with Crippen LogP contribution in [0.3, 0.4) is 0 Å². The molecule has 204 valence electrons. The van der Waals surface area contributed by atoms with E-state index in [0.29, 0.717) is 29.0 Å². The Morgan fingerprint density at radius 3 is 2.02 bits per heavy atom. The minimum atomic E-state index is -0.716. The van der Waals surface area contributed by atoms with Gasteiger partial charge in [0, 0.05) is 11.3 Å². The molecule has 3 aliphatic rings. The maximum Gasteiger partial charge on any atom is 0.342 e. The van der Waals surface area contributed by atoms with E-state index in [2.05, 4.69) is 43.4 Å². The first-order valence-corrected chi connectivity index (χ1v) is 13.6. The number of hydrogen-bond donors (Lipinski definition) is 0. The van der Waals surface area contributed by atoms with E-state index in [-0.39, 0.29) is 17.8 Å². The van der Waals surface area contributed by atoms with Gasteiger partial charge in [0.1, 0.15) is 34.8 Å². The maximum absolute atomic E-state index is 13.8. The minimum Gasteiger partial charge on any atom is -0.496 e. The lowest BCUT2D eigenvalue weighted by atomic mass is 9.68. The van der Waals surface area contributed by atoms with Crippen LogP contribution in [0, 0.1) is 24.7 Å². The summed E-state index contributed by atoms with van der Waals surface area (Å²) in [7, 11) is 3.05. The molecule has 0 N–H and O–H groups in total. The summed E-state index contributed by atoms with van der Waals surface area (Å²) in [5, 5.41) is 0. The van der Waals surface area contributed by atoms with Gasteiger partial charge in [0.2, 0.25) is 0 Å². The van der Waals surface area contributed by atoms with E-state index in [4.69, 9.17) is 18.9 Å². The van der Waals surface area contributed by atoms with Gasteiger partial charge in [-0.1, -0.05) is 72.8 Å². The molecule has 0 heterocycles. The fourth-order valence-electron chi connectivity index (χ4n) is 7.03. The van der Waals surface area contributed by atoms with Gasteiger partial charge in [0.05, 0.1) is 14.2 Å². The molecular weight excluding hydrogens is 504 g/mol. The van der Waals surface area contributed by atoms with Crippen molar-refractivity contribution in [3.63, 3.8) is 0 Å². The molecule has 6 atom stereocenters. The fourth-order valence-corrected chi connectivity index (χ4v) is 7.03. The Balaban J connectivity index is 1.46. The molecule has 40 heavy (non-hydrogen) atoms. The van der Waals surface area contributed by atoms with E-state index < -0.39 is 29.6 Å². The molecule has 3 aromatic carbocycles. The Hall–Kier alpha value is -4.32. The number of ether oxygens (including phenoxy) is 4. The number of rotatable bonds is 7. The van der Waals surface area contributed by atoms with Crippen LogP contribution in [0.2, 0.25) is 0 Å². The van der Waals surface area contributed by atoms with Crippen molar-refractivity contribution in [1.82, 2.24) is 0 Å². The summed E-state index contributed by atoms with van der Waals surface area (Å²) in [6.45, 7) is 2.09. The average molecular weight is 537 g/mol. The Labute approximate surface area is 234 Å². The summed E-state index contributed by atoms with van der Waals surface area (Å²) in [5.41, 5.74) is 2.31. The number of hydrogen-bond acceptors (Lipinski definition) is 6. The Morgan fingerprint density at radius 2 is 1.38 bits per heavy atom. The SMILES string of the molecule is COc1ccccc1C(=O)OC1C(OC(=O)c2ccccc2OC)[C@@]2(c3ccccc3C)CC=CC=CC3[C@@H]1[C@H]32. The van der Waals surface area contributed by atoms with Gasteiger partial charge in [-0.05, 0) is 60.6 Å². The third-order valence-corrected chi connectivity index (χ3v) is 8.73. The first kappa shape index (κ1) is 25.9. The van der Waals surface area contributed by atoms with Crippen LogP contribution in [0.25, 0.3) is 0 Å². The van der Waals surface area contributed by atoms with Crippen LogP contribution < -0.4 is 9.47 Å². The van der Waals surface area contributed by atoms with Crippen LogP contribution in [0.5, 0.6) is 11.5 Å². The van der Waals surface area contributed by atoms with Crippen molar-refractivity contribution in [2.24, 2.45) is 17.8 Å². The first-order valence-electron chi connectivity index (χ1n) is 13.6. The third kappa shape index (κ3) is 4.10. The van der Waals surface area contributed by atoms with Crippen LogP contribution in [0.4, 0.5) is 0 Å². The molecule has 0 saturated heterocycles. The predicted molar refractivity (Wildman–Crippen MR) is 151 cm³/mol. The van der Waals surface area contributed by atoms with E-state index in [1.54, 1.807) is 36.4 Å². The van der Waals surface area contributed by atoms with E-state index >= 15 is 0 Å². The molecule has 0 aliphatic heterocycles. The highest BCUT2D eigenvalue weighted by molar-refractivity contribution is 5.94. The van der Waals surface area contributed by atoms with Crippen LogP contribution in [-0.2, 0) is 14.9 Å². The monoisotopic (exact) mass is 536 g/mol. The first-order chi connectivity index (χ1) is 19.5. The molecule has 6 heteroatoms. The normalized spacial score (nSPS) is 27.6. The van der Waals surface area contributed by atoms with Crippen LogP contribution >= 0.6 is 0 Å². The standard InChI is InChI=1S/C34H32O6/c1-21-13-6-9-17-25(21)34-20-12-4-5-16-24-28(29(24)34)30(39-32(35)22-14-7-10-18-26(22)37-2)31(34)40-33(36)23-15-8-11-19-27(23)38-3/h4-19,24,28-31H,20H2,1-3H3/t24?,28-,29+,30?,31?,34-/m1/s1. The van der Waals surface area contributed by atoms with Gasteiger partial charge in [-0.2, -0.15) is 0 Å². The van der Waals surface area contributed by atoms with Gasteiger partial charge in [-0.15, -0.1) is 0 Å². The fraction of sp³-hybridized carbons (Fsp3) is 0.294. The molecule has 0 bridgehead atoms. The Morgan fingerprint density at radius 1 is 0.775 bits per heavy atom. The zero-order valence-electron chi connectivity index (χ0n) is 22.8. The summed E-state index contributed by atoms with van der Waals surface area (Å²) in [5.74, 6) is 0.204. The summed E-state index contributed by atoms with van der Waals surface area (Å²) in [6.07, 6.45) is 7.72. The molecule has 3 aliphatic carbocycles. The average Bonchev–Trinajstić information content (AvgIpc) is 3.62. The Bertz CT molecular complexity index is 1510. The molecule has 0 spiro atoms. The topological polar surface area (TPSA) is 71.1 Å². The van der Waals surface area contributed by atoms with Gasteiger partial charge in [0.25, 0.3) is 0 Å². The van der Waals surface area contributed by atoms with E-state index in [0.717, 1.165) is 11.1 Å². The van der Waals surface area contributed by atoms with Crippen LogP contribution in [0.15, 0.2) is 97.1 Å². The number of methoxy groups -OCH3 is 2. The summed E-state index contributed by atoms with van der Waals surface area (Å²) < 4.78 is 23.7. The van der Waals surface area contributed by atoms with E-state index in [1.165, 1.54) is 14.2 Å². The largest absolute Gasteiger partial charge is 0.496 e. The van der Waals surface area contributed by atoms with Crippen molar-refractivity contribution < 1.29 is 28.5 Å². The molecular formula is C34H32O6. The van der Waals surface area contributed by atoms with Gasteiger partial charge in [-0.25, -0.2) is 9.59 Å². The summed E-state index contributed by atoms with van der Waals surface area (Å²) >= 11 is 0. The van der Waals surface area contributed by atoms with Crippen molar-refractivity contribution >= 4 is 11.9 Å². The molecule has 3 aromatic rings. The second-order valence-corrected chi connectivity index (χ2v) is 10.6. The highest BCUT2D eigenvalue weighted by Crippen LogP contribution is 2.70. The van der Waals surface area contributed by atoms with Crippen molar-refractivity contribution in [2.45, 2.75) is 31.0 Å². The summed E-state index contributed by atoms with van der Waals surface area (Å²) in [6, 6.07) is 22.3. The molecule has 0 aromatic heterocycles. The lowest BCUT2D eigenvalue weighted by molar-refractivity contribution is -0.0570. The smallest absolute Gasteiger partial charge is 0.342 e. The molecule has 0 amide bonds. The quantitative estimate of drug-likeness (QED) is 0.340. The maximum atomic E-state index is 13.8. The van der Waals surface area contributed by atoms with E-state index in [1.807, 2.05) is 24.3 Å². The number of carbonyl (C=O) groups excluding carboxylic acids is 2. The highest BCUT2D eigenvalue weighted by Gasteiger charge is 2.76. The lowest BCUT2D eigenvalue weighted by Crippen LogP contribution is -2.49. The van der Waals surface area contributed by atoms with Crippen molar-refractivity contribution in [1.29, 1.82) is 0 Å². The molecule has 0 radical (unpaired) electrons. The molecule has 6 nitrogen and oxygen atoms in total. The second kappa shape index (κ2) is 10.3. The van der Waals surface area contributed by atoms with Crippen LogP contribution in [0.1, 0.15) is 38.3 Å². The molecule has 2 fully saturated rings. The van der Waals surface area contributed by atoms with Crippen molar-refractivity contribution in [3.8, 4) is 11.5 Å². The van der Waals surface area contributed by atoms with Crippen LogP contribution in [-0.4, -0.2) is 38.4 Å². The molecule has 2 saturated carbocycles. The number of allylic oxidation sites excluding steroid dienone is 4. The predicted octanol–water partition coefficient (Wildman–Crippen LogP) is 6.09. The number of fused-ring (bicyclic) bond motifs is 1. The number of aryl methyl sites for hydroxylation is 1. The zero-order valence-corrected chi connectivity index (χ0v) is 22.8. The second-order valence-electron chi connectivity index (χ2n) is 10.6. The lowest BCUT2D eigenvalue weighted by Gasteiger charge is -2.41. The number of para-hydroxylation sites is 2. The zero-order chi connectivity index (χ0) is 27.9. The van der Waals surface area contributed by atoms with Gasteiger partial charge in [-0.3, -0.25) is 0 Å². The van der Waals surface area contributed by atoms with Gasteiger partial charge in [0.15, 0.2) is 0 Å². The molecule has 6 rings (SSSR count). The van der Waals surface area contributed by atoms with Gasteiger partial charge >= 0.3 is 11.9 Å². The third-order valence-electron chi connectivity index (χ3n) is 8.73. The minimum absolute atomic E-state index is 0.00452. The number of benzene rings is 3. The van der Waals surface area contributed by atoms with E-state index in [9.17, 15) is 9.59 Å². The number of carbonyl (C=O) groups is 2. The highest BCUT2D eigenvalue weighted by atomic mass is 16.6. The Kier molecular flexibility index (Phi) is 6.70. The molecule has 3 unspecified atom stereocenters. The summed E-state index contributed by atoms with van der Waals surface area (Å²) in [4.78, 5) is 27.4. The number of esters is 2. The van der Waals surface area contributed by atoms with Crippen molar-refractivity contribution in [2.75, 3.05) is 14.2 Å². The van der Waals surface area contributed by atoms with Crippen molar-refractivity contribution in [3.05, 3.63) is 119 Å². The van der Waals surface area contributed by atoms with Gasteiger partial charge < -0.3 is 18.9 Å².